The summed E-state index contributed by atoms with van der Waals surface area (Å²) in [6, 6.07) is 15.0. The number of ketones is 1. The van der Waals surface area contributed by atoms with Crippen LogP contribution in [-0.2, 0) is 0 Å². The lowest BCUT2D eigenvalue weighted by atomic mass is 10.00. The van der Waals surface area contributed by atoms with E-state index in [1.807, 2.05) is 0 Å². The van der Waals surface area contributed by atoms with Crippen molar-refractivity contribution in [3.8, 4) is 0 Å². The molecular formula is C18H17N7O2. The molecule has 0 aliphatic heterocycles. The zero-order valence-corrected chi connectivity index (χ0v) is 14.1. The van der Waals surface area contributed by atoms with Crippen molar-refractivity contribution < 1.29 is 9.90 Å². The Labute approximate surface area is 154 Å². The number of carbonyl (C=O) groups excluding carboxylic acids is 1. The molecule has 2 aromatic carbocycles. The first-order valence-corrected chi connectivity index (χ1v) is 7.93. The Kier molecular flexibility index (Phi) is 5.04. The summed E-state index contributed by atoms with van der Waals surface area (Å²) in [5.74, 6) is -0.400. The Bertz CT molecular complexity index is 965. The van der Waals surface area contributed by atoms with E-state index in [4.69, 9.17) is 17.2 Å². The predicted octanol–water partition coefficient (Wildman–Crippen LogP) is 2.55. The fourth-order valence-electron chi connectivity index (χ4n) is 2.35. The van der Waals surface area contributed by atoms with Gasteiger partial charge < -0.3 is 22.3 Å². The van der Waals surface area contributed by atoms with Crippen molar-refractivity contribution in [2.24, 2.45) is 10.2 Å². The minimum Gasteiger partial charge on any atom is -0.382 e. The Balaban J connectivity index is 1.77. The number of rotatable bonds is 5. The number of anilines is 3. The minimum atomic E-state index is -1.27. The van der Waals surface area contributed by atoms with E-state index < -0.39 is 6.10 Å². The van der Waals surface area contributed by atoms with Gasteiger partial charge in [-0.05, 0) is 17.7 Å². The second kappa shape index (κ2) is 7.58. The van der Waals surface area contributed by atoms with E-state index in [9.17, 15) is 9.90 Å². The first-order valence-electron chi connectivity index (χ1n) is 7.93. The van der Waals surface area contributed by atoms with Crippen LogP contribution >= 0.6 is 0 Å². The summed E-state index contributed by atoms with van der Waals surface area (Å²) < 4.78 is 0. The summed E-state index contributed by atoms with van der Waals surface area (Å²) in [4.78, 5) is 19.8. The summed E-state index contributed by atoms with van der Waals surface area (Å²) >= 11 is 0. The molecule has 0 saturated carbocycles. The van der Waals surface area contributed by atoms with Crippen LogP contribution in [0.5, 0.6) is 0 Å². The van der Waals surface area contributed by atoms with E-state index in [1.165, 1.54) is 0 Å². The topological polar surface area (TPSA) is 166 Å². The first-order chi connectivity index (χ1) is 13.0. The maximum absolute atomic E-state index is 12.3. The number of aliphatic hydroxyl groups is 1. The molecule has 1 unspecified atom stereocenters. The molecule has 27 heavy (non-hydrogen) atoms. The third-order valence-electron chi connectivity index (χ3n) is 3.74. The quantitative estimate of drug-likeness (QED) is 0.399. The number of azo groups is 1. The van der Waals surface area contributed by atoms with Gasteiger partial charge in [0.1, 0.15) is 6.10 Å². The second-order valence-electron chi connectivity index (χ2n) is 5.63. The van der Waals surface area contributed by atoms with Gasteiger partial charge in [-0.25, -0.2) is 0 Å². The van der Waals surface area contributed by atoms with Gasteiger partial charge in [0.05, 0.1) is 5.69 Å². The molecule has 0 aliphatic carbocycles. The number of hydrogen-bond donors (Lipinski definition) is 4. The maximum Gasteiger partial charge on any atom is 0.224 e. The van der Waals surface area contributed by atoms with Crippen LogP contribution in [0.25, 0.3) is 0 Å². The molecule has 136 valence electrons. The van der Waals surface area contributed by atoms with E-state index >= 15 is 0 Å². The van der Waals surface area contributed by atoms with Gasteiger partial charge in [0, 0.05) is 5.56 Å². The van der Waals surface area contributed by atoms with Gasteiger partial charge in [-0.15, -0.1) is 5.11 Å². The number of carbonyl (C=O) groups is 1. The van der Waals surface area contributed by atoms with E-state index in [2.05, 4.69) is 20.2 Å². The number of aliphatic hydroxyl groups excluding tert-OH is 1. The SMILES string of the molecule is Nc1nc(N)c(/N=N\c2ccc(C(O)C(=O)c3ccccc3)cc2)c(N)n1. The van der Waals surface area contributed by atoms with E-state index in [1.54, 1.807) is 54.6 Å². The van der Waals surface area contributed by atoms with E-state index in [-0.39, 0.29) is 29.1 Å². The normalized spacial score (nSPS) is 12.2. The molecule has 7 N–H and O–H groups in total. The summed E-state index contributed by atoms with van der Waals surface area (Å²) in [6.45, 7) is 0. The molecule has 0 amide bonds. The second-order valence-corrected chi connectivity index (χ2v) is 5.63. The molecule has 1 aromatic heterocycles. The third kappa shape index (κ3) is 4.05. The highest BCUT2D eigenvalue weighted by Gasteiger charge is 2.18. The first kappa shape index (κ1) is 18.0. The number of Topliss-reactive ketones (excluding diaryl/α,β-unsaturated/α-hetero) is 1. The van der Waals surface area contributed by atoms with E-state index in [0.717, 1.165) is 0 Å². The minimum absolute atomic E-state index is 0.0178. The molecule has 1 atom stereocenters. The zero-order chi connectivity index (χ0) is 19.4. The molecule has 3 aromatic rings. The maximum atomic E-state index is 12.3. The van der Waals surface area contributed by atoms with Crippen molar-refractivity contribution in [2.45, 2.75) is 6.10 Å². The monoisotopic (exact) mass is 363 g/mol. The van der Waals surface area contributed by atoms with Crippen LogP contribution < -0.4 is 17.2 Å². The fraction of sp³-hybridized carbons (Fsp3) is 0.0556. The average Bonchev–Trinajstić information content (AvgIpc) is 2.67. The van der Waals surface area contributed by atoms with Gasteiger partial charge in [-0.1, -0.05) is 42.5 Å². The van der Waals surface area contributed by atoms with Crippen molar-refractivity contribution >= 4 is 34.7 Å². The van der Waals surface area contributed by atoms with Gasteiger partial charge in [0.25, 0.3) is 0 Å². The van der Waals surface area contributed by atoms with Crippen molar-refractivity contribution in [3.63, 3.8) is 0 Å². The van der Waals surface area contributed by atoms with Gasteiger partial charge in [-0.3, -0.25) is 4.79 Å². The molecule has 3 rings (SSSR count). The van der Waals surface area contributed by atoms with Crippen LogP contribution in [-0.4, -0.2) is 20.9 Å². The number of nitrogen functional groups attached to an aromatic ring is 3. The van der Waals surface area contributed by atoms with Gasteiger partial charge in [-0.2, -0.15) is 15.1 Å². The number of benzene rings is 2. The molecule has 9 heteroatoms. The van der Waals surface area contributed by atoms with Crippen LogP contribution in [0.3, 0.4) is 0 Å². The Morgan fingerprint density at radius 2 is 1.48 bits per heavy atom. The van der Waals surface area contributed by atoms with Crippen LogP contribution in [0.15, 0.2) is 64.8 Å². The molecule has 0 bridgehead atoms. The zero-order valence-electron chi connectivity index (χ0n) is 14.1. The molecule has 0 spiro atoms. The Morgan fingerprint density at radius 1 is 0.889 bits per heavy atom. The van der Waals surface area contributed by atoms with Gasteiger partial charge in [0.15, 0.2) is 23.1 Å². The predicted molar refractivity (Wildman–Crippen MR) is 102 cm³/mol. The summed E-state index contributed by atoms with van der Waals surface area (Å²) in [5.41, 5.74) is 18.3. The number of aromatic nitrogens is 2. The highest BCUT2D eigenvalue weighted by molar-refractivity contribution is 5.99. The van der Waals surface area contributed by atoms with Gasteiger partial charge in [0.2, 0.25) is 5.95 Å². The lowest BCUT2D eigenvalue weighted by molar-refractivity contribution is 0.0747. The van der Waals surface area contributed by atoms with Crippen LogP contribution in [0.2, 0.25) is 0 Å². The lowest BCUT2D eigenvalue weighted by Crippen LogP contribution is -2.11. The van der Waals surface area contributed by atoms with Crippen molar-refractivity contribution in [3.05, 3.63) is 65.7 Å². The molecule has 0 saturated heterocycles. The highest BCUT2D eigenvalue weighted by Crippen LogP contribution is 2.29. The summed E-state index contributed by atoms with van der Waals surface area (Å²) in [5, 5.41) is 18.2. The smallest absolute Gasteiger partial charge is 0.224 e. The van der Waals surface area contributed by atoms with Crippen molar-refractivity contribution in [1.82, 2.24) is 9.97 Å². The van der Waals surface area contributed by atoms with Gasteiger partial charge >= 0.3 is 0 Å². The lowest BCUT2D eigenvalue weighted by Gasteiger charge is -2.10. The molecular weight excluding hydrogens is 346 g/mol. The van der Waals surface area contributed by atoms with Crippen LogP contribution in [0, 0.1) is 0 Å². The Morgan fingerprint density at radius 3 is 2.07 bits per heavy atom. The number of nitrogens with two attached hydrogens (primary N) is 3. The van der Waals surface area contributed by atoms with Crippen LogP contribution in [0.4, 0.5) is 29.0 Å². The Hall–Kier alpha value is -3.85. The average molecular weight is 363 g/mol. The molecule has 0 aliphatic rings. The largest absolute Gasteiger partial charge is 0.382 e. The molecule has 0 fully saturated rings. The molecule has 1 heterocycles. The van der Waals surface area contributed by atoms with Crippen molar-refractivity contribution in [2.75, 3.05) is 17.2 Å². The van der Waals surface area contributed by atoms with Crippen LogP contribution in [0.1, 0.15) is 22.0 Å². The van der Waals surface area contributed by atoms with Crippen molar-refractivity contribution in [1.29, 1.82) is 0 Å². The number of nitrogens with zero attached hydrogens (tertiary/aromatic N) is 4. The number of hydrogen-bond acceptors (Lipinski definition) is 9. The summed E-state index contributed by atoms with van der Waals surface area (Å²) in [6.07, 6.45) is -1.27. The molecule has 0 radical (unpaired) electrons. The standard InChI is InChI=1S/C18H17N7O2/c19-16-13(17(20)23-18(21)22-16)25-24-12-8-6-11(7-9-12)15(27)14(26)10-4-2-1-3-5-10/h1-9,15,27H,(H6,19,20,21,22,23)/b25-24-. The fourth-order valence-corrected chi connectivity index (χ4v) is 2.35. The third-order valence-corrected chi connectivity index (χ3v) is 3.74. The van der Waals surface area contributed by atoms with E-state index in [0.29, 0.717) is 16.8 Å². The highest BCUT2D eigenvalue weighted by atomic mass is 16.3. The summed E-state index contributed by atoms with van der Waals surface area (Å²) in [7, 11) is 0. The molecule has 9 nitrogen and oxygen atoms in total.